The van der Waals surface area contributed by atoms with Gasteiger partial charge in [-0.15, -0.1) is 0 Å². The minimum absolute atomic E-state index is 0.221. The summed E-state index contributed by atoms with van der Waals surface area (Å²) in [5.41, 5.74) is 2.74. The topological polar surface area (TPSA) is 91.2 Å². The number of benzene rings is 1. The first-order chi connectivity index (χ1) is 12.1. The van der Waals surface area contributed by atoms with Crippen molar-refractivity contribution in [3.8, 4) is 0 Å². The van der Waals surface area contributed by atoms with E-state index in [-0.39, 0.29) is 12.5 Å². The zero-order chi connectivity index (χ0) is 17.6. The van der Waals surface area contributed by atoms with Gasteiger partial charge in [0.25, 0.3) is 5.91 Å². The number of aromatic amines is 1. The summed E-state index contributed by atoms with van der Waals surface area (Å²) in [7, 11) is 0. The Hall–Kier alpha value is -3.09. The summed E-state index contributed by atoms with van der Waals surface area (Å²) in [5, 5.41) is 17.3. The first-order valence-electron chi connectivity index (χ1n) is 8.26. The van der Waals surface area contributed by atoms with Crippen LogP contribution in [0.5, 0.6) is 0 Å². The lowest BCUT2D eigenvalue weighted by molar-refractivity contribution is -0.142. The molecule has 3 heterocycles. The largest absolute Gasteiger partial charge is 0.479 e. The van der Waals surface area contributed by atoms with Crippen LogP contribution >= 0.6 is 0 Å². The molecule has 0 fully saturated rings. The van der Waals surface area contributed by atoms with Crippen LogP contribution in [-0.4, -0.2) is 36.6 Å². The summed E-state index contributed by atoms with van der Waals surface area (Å²) in [6.45, 7) is 2.97. The predicted molar refractivity (Wildman–Crippen MR) is 91.1 cm³/mol. The number of nitrogens with zero attached hydrogens (tertiary/aromatic N) is 3. The minimum Gasteiger partial charge on any atom is -0.479 e. The molecule has 0 radical (unpaired) electrons. The number of aliphatic carboxylic acids is 1. The van der Waals surface area contributed by atoms with E-state index in [1.54, 1.807) is 0 Å². The second-order valence-electron chi connectivity index (χ2n) is 6.22. The van der Waals surface area contributed by atoms with E-state index in [0.29, 0.717) is 23.5 Å². The van der Waals surface area contributed by atoms with Crippen molar-refractivity contribution in [3.63, 3.8) is 0 Å². The number of fused-ring (bicyclic) bond motifs is 2. The molecule has 1 aliphatic heterocycles. The van der Waals surface area contributed by atoms with Gasteiger partial charge in [0.1, 0.15) is 5.69 Å². The van der Waals surface area contributed by atoms with E-state index in [1.807, 2.05) is 34.9 Å². The molecule has 1 atom stereocenters. The van der Waals surface area contributed by atoms with Gasteiger partial charge in [0.2, 0.25) is 0 Å². The number of carboxylic acids is 1. The minimum atomic E-state index is -1.05. The lowest BCUT2D eigenvalue weighted by Crippen LogP contribution is -2.35. The molecule has 3 aromatic rings. The molecule has 1 unspecified atom stereocenters. The van der Waals surface area contributed by atoms with Crippen molar-refractivity contribution in [1.82, 2.24) is 19.7 Å². The van der Waals surface area contributed by atoms with Crippen molar-refractivity contribution >= 4 is 22.8 Å². The molecule has 128 valence electrons. The number of amides is 1. The van der Waals surface area contributed by atoms with Crippen LogP contribution in [0.2, 0.25) is 0 Å². The smallest absolute Gasteiger partial charge is 0.331 e. The number of para-hydroxylation sites is 1. The van der Waals surface area contributed by atoms with Gasteiger partial charge in [0.15, 0.2) is 6.04 Å². The summed E-state index contributed by atoms with van der Waals surface area (Å²) in [6.07, 6.45) is 2.37. The van der Waals surface area contributed by atoms with Crippen LogP contribution in [0.25, 0.3) is 10.9 Å². The van der Waals surface area contributed by atoms with Crippen molar-refractivity contribution < 1.29 is 14.7 Å². The lowest BCUT2D eigenvalue weighted by Gasteiger charge is -2.22. The molecule has 0 saturated heterocycles. The maximum absolute atomic E-state index is 13.2. The van der Waals surface area contributed by atoms with Crippen LogP contribution in [-0.2, 0) is 17.9 Å². The molecule has 2 N–H and O–H groups in total. The third-order valence-corrected chi connectivity index (χ3v) is 4.66. The molecule has 25 heavy (non-hydrogen) atoms. The molecule has 1 aliphatic rings. The second-order valence-corrected chi connectivity index (χ2v) is 6.22. The third kappa shape index (κ3) is 2.31. The maximum atomic E-state index is 13.2. The molecule has 0 spiro atoms. The molecular formula is C18H18N4O3. The molecule has 0 bridgehead atoms. The Morgan fingerprint density at radius 2 is 2.16 bits per heavy atom. The van der Waals surface area contributed by atoms with E-state index in [1.165, 1.54) is 11.1 Å². The van der Waals surface area contributed by atoms with Crippen LogP contribution in [0.4, 0.5) is 0 Å². The molecule has 0 saturated carbocycles. The van der Waals surface area contributed by atoms with Crippen molar-refractivity contribution in [2.45, 2.75) is 32.5 Å². The number of carboxylic acid groups (broad SMARTS) is 1. The highest BCUT2D eigenvalue weighted by atomic mass is 16.4. The molecule has 1 aromatic carbocycles. The summed E-state index contributed by atoms with van der Waals surface area (Å²) in [5.74, 6) is -1.33. The standard InChI is InChI=1S/C18H18N4O3/c1-2-7-21-14-6-4-3-5-11(14)8-15(21)17(23)22-10-13-12(9-19-20-13)16(22)18(24)25/h3-6,8-9,16H,2,7,10H2,1H3,(H,19,20)(H,24,25). The number of rotatable bonds is 4. The quantitative estimate of drug-likeness (QED) is 0.765. The van der Waals surface area contributed by atoms with E-state index in [2.05, 4.69) is 17.1 Å². The zero-order valence-corrected chi connectivity index (χ0v) is 13.8. The highest BCUT2D eigenvalue weighted by Gasteiger charge is 2.41. The normalized spacial score (nSPS) is 16.4. The fraction of sp³-hybridized carbons (Fsp3) is 0.278. The highest BCUT2D eigenvalue weighted by Crippen LogP contribution is 2.34. The number of carbonyl (C=O) groups excluding carboxylic acids is 1. The molecule has 4 rings (SSSR count). The van der Waals surface area contributed by atoms with E-state index >= 15 is 0 Å². The average molecular weight is 338 g/mol. The summed E-state index contributed by atoms with van der Waals surface area (Å²) < 4.78 is 1.97. The van der Waals surface area contributed by atoms with Gasteiger partial charge in [-0.3, -0.25) is 9.89 Å². The lowest BCUT2D eigenvalue weighted by atomic mass is 10.1. The van der Waals surface area contributed by atoms with Crippen LogP contribution in [0.3, 0.4) is 0 Å². The number of carbonyl (C=O) groups is 2. The summed E-state index contributed by atoms with van der Waals surface area (Å²) in [6, 6.07) is 8.65. The average Bonchev–Trinajstić information content (AvgIpc) is 3.26. The molecule has 2 aromatic heterocycles. The van der Waals surface area contributed by atoms with Gasteiger partial charge >= 0.3 is 5.97 Å². The van der Waals surface area contributed by atoms with E-state index in [0.717, 1.165) is 17.3 Å². The van der Waals surface area contributed by atoms with Gasteiger partial charge in [-0.05, 0) is 18.6 Å². The summed E-state index contributed by atoms with van der Waals surface area (Å²) in [4.78, 5) is 26.3. The van der Waals surface area contributed by atoms with Gasteiger partial charge in [-0.1, -0.05) is 25.1 Å². The Morgan fingerprint density at radius 1 is 1.36 bits per heavy atom. The van der Waals surface area contributed by atoms with Crippen molar-refractivity contribution in [3.05, 3.63) is 53.5 Å². The van der Waals surface area contributed by atoms with Crippen LogP contribution < -0.4 is 0 Å². The monoisotopic (exact) mass is 338 g/mol. The number of H-pyrrole nitrogens is 1. The van der Waals surface area contributed by atoms with Crippen LogP contribution in [0.15, 0.2) is 36.5 Å². The Bertz CT molecular complexity index is 972. The number of hydrogen-bond donors (Lipinski definition) is 2. The summed E-state index contributed by atoms with van der Waals surface area (Å²) >= 11 is 0. The zero-order valence-electron chi connectivity index (χ0n) is 13.8. The maximum Gasteiger partial charge on any atom is 0.331 e. The first-order valence-corrected chi connectivity index (χ1v) is 8.26. The molecule has 7 nitrogen and oxygen atoms in total. The van der Waals surface area contributed by atoms with E-state index in [4.69, 9.17) is 0 Å². The van der Waals surface area contributed by atoms with E-state index < -0.39 is 12.0 Å². The Balaban J connectivity index is 1.79. The fourth-order valence-electron chi connectivity index (χ4n) is 3.57. The van der Waals surface area contributed by atoms with Crippen LogP contribution in [0.1, 0.15) is 41.1 Å². The van der Waals surface area contributed by atoms with Gasteiger partial charge in [-0.2, -0.15) is 5.10 Å². The van der Waals surface area contributed by atoms with Gasteiger partial charge in [0, 0.05) is 23.0 Å². The van der Waals surface area contributed by atoms with Crippen molar-refractivity contribution in [2.24, 2.45) is 0 Å². The van der Waals surface area contributed by atoms with Gasteiger partial charge in [-0.25, -0.2) is 4.79 Å². The number of hydrogen-bond acceptors (Lipinski definition) is 3. The van der Waals surface area contributed by atoms with Crippen molar-refractivity contribution in [1.29, 1.82) is 0 Å². The van der Waals surface area contributed by atoms with Gasteiger partial charge in [0.05, 0.1) is 18.4 Å². The Kier molecular flexibility index (Phi) is 3.56. The Labute approximate surface area is 143 Å². The predicted octanol–water partition coefficient (Wildman–Crippen LogP) is 2.56. The van der Waals surface area contributed by atoms with Crippen molar-refractivity contribution in [2.75, 3.05) is 0 Å². The van der Waals surface area contributed by atoms with Crippen LogP contribution in [0, 0.1) is 0 Å². The second kappa shape index (κ2) is 5.77. The molecule has 1 amide bonds. The molecular weight excluding hydrogens is 320 g/mol. The first kappa shape index (κ1) is 15.4. The number of nitrogens with one attached hydrogen (secondary N) is 1. The van der Waals surface area contributed by atoms with E-state index in [9.17, 15) is 14.7 Å². The number of aromatic nitrogens is 3. The van der Waals surface area contributed by atoms with Gasteiger partial charge < -0.3 is 14.6 Å². The SMILES string of the molecule is CCCn1c(C(=O)N2Cc3[nH]ncc3C2C(=O)O)cc2ccccc21. The Morgan fingerprint density at radius 3 is 2.92 bits per heavy atom. The third-order valence-electron chi connectivity index (χ3n) is 4.66. The fourth-order valence-corrected chi connectivity index (χ4v) is 3.57. The molecule has 7 heteroatoms. The number of aryl methyl sites for hydroxylation is 1. The highest BCUT2D eigenvalue weighted by molar-refractivity contribution is 6.01. The molecule has 0 aliphatic carbocycles.